The van der Waals surface area contributed by atoms with Gasteiger partial charge in [0.2, 0.25) is 5.96 Å². The number of guanidine groups is 1. The van der Waals surface area contributed by atoms with Gasteiger partial charge in [-0.05, 0) is 30.5 Å². The molecule has 2 rings (SSSR count). The Labute approximate surface area is 95.3 Å². The SMILES string of the molecule is CN(Cc1ccncc1)C(=NC1CC1)NN. The van der Waals surface area contributed by atoms with Crippen LogP contribution in [0, 0.1) is 0 Å². The highest BCUT2D eigenvalue weighted by Gasteiger charge is 2.21. The Balaban J connectivity index is 1.98. The topological polar surface area (TPSA) is 66.5 Å². The number of hydrogen-bond donors (Lipinski definition) is 2. The van der Waals surface area contributed by atoms with Gasteiger partial charge in [0.15, 0.2) is 0 Å². The van der Waals surface area contributed by atoms with E-state index in [0.29, 0.717) is 6.04 Å². The van der Waals surface area contributed by atoms with Gasteiger partial charge in [-0.1, -0.05) is 0 Å². The molecule has 0 saturated heterocycles. The van der Waals surface area contributed by atoms with Gasteiger partial charge in [0.25, 0.3) is 0 Å². The second-order valence-electron chi connectivity index (χ2n) is 4.04. The van der Waals surface area contributed by atoms with Crippen LogP contribution in [0.2, 0.25) is 0 Å². The van der Waals surface area contributed by atoms with Crippen molar-refractivity contribution in [1.82, 2.24) is 15.3 Å². The zero-order chi connectivity index (χ0) is 11.4. The van der Waals surface area contributed by atoms with E-state index in [0.717, 1.165) is 12.5 Å². The highest BCUT2D eigenvalue weighted by atomic mass is 15.4. The lowest BCUT2D eigenvalue weighted by Crippen LogP contribution is -2.42. The van der Waals surface area contributed by atoms with Crippen LogP contribution in [0.1, 0.15) is 18.4 Å². The van der Waals surface area contributed by atoms with E-state index >= 15 is 0 Å². The molecule has 0 aliphatic heterocycles. The Morgan fingerprint density at radius 2 is 2.25 bits per heavy atom. The van der Waals surface area contributed by atoms with Gasteiger partial charge in [-0.15, -0.1) is 0 Å². The fourth-order valence-corrected chi connectivity index (χ4v) is 1.46. The van der Waals surface area contributed by atoms with Crippen molar-refractivity contribution >= 4 is 5.96 Å². The van der Waals surface area contributed by atoms with Crippen molar-refractivity contribution in [3.63, 3.8) is 0 Å². The number of nitrogens with zero attached hydrogens (tertiary/aromatic N) is 3. The van der Waals surface area contributed by atoms with E-state index in [1.165, 1.54) is 18.4 Å². The van der Waals surface area contributed by atoms with E-state index in [2.05, 4.69) is 15.4 Å². The third-order valence-electron chi connectivity index (χ3n) is 2.51. The molecule has 0 spiro atoms. The fourth-order valence-electron chi connectivity index (χ4n) is 1.46. The van der Waals surface area contributed by atoms with Gasteiger partial charge < -0.3 is 4.90 Å². The van der Waals surface area contributed by atoms with E-state index in [1.54, 1.807) is 12.4 Å². The summed E-state index contributed by atoms with van der Waals surface area (Å²) >= 11 is 0. The lowest BCUT2D eigenvalue weighted by molar-refractivity contribution is 0.476. The predicted octanol–water partition coefficient (Wildman–Crippen LogP) is 0.495. The molecule has 16 heavy (non-hydrogen) atoms. The van der Waals surface area contributed by atoms with Crippen LogP contribution < -0.4 is 11.3 Å². The van der Waals surface area contributed by atoms with Crippen molar-refractivity contribution in [2.24, 2.45) is 10.8 Å². The number of aromatic nitrogens is 1. The van der Waals surface area contributed by atoms with E-state index < -0.39 is 0 Å². The van der Waals surface area contributed by atoms with Crippen LogP contribution in [0.3, 0.4) is 0 Å². The maximum Gasteiger partial charge on any atom is 0.208 e. The summed E-state index contributed by atoms with van der Waals surface area (Å²) in [5.41, 5.74) is 3.84. The number of rotatable bonds is 3. The third kappa shape index (κ3) is 2.93. The van der Waals surface area contributed by atoms with Crippen molar-refractivity contribution in [1.29, 1.82) is 0 Å². The van der Waals surface area contributed by atoms with E-state index in [4.69, 9.17) is 5.84 Å². The minimum Gasteiger partial charge on any atom is -0.341 e. The molecule has 0 bridgehead atoms. The fraction of sp³-hybridized carbons (Fsp3) is 0.455. The second kappa shape index (κ2) is 4.94. The van der Waals surface area contributed by atoms with E-state index in [-0.39, 0.29) is 0 Å². The predicted molar refractivity (Wildman–Crippen MR) is 63.5 cm³/mol. The molecule has 0 unspecified atom stereocenters. The van der Waals surface area contributed by atoms with Gasteiger partial charge in [-0.25, -0.2) is 10.8 Å². The lowest BCUT2D eigenvalue weighted by Gasteiger charge is -2.20. The number of nitrogens with two attached hydrogens (primary N) is 1. The Morgan fingerprint density at radius 3 is 2.81 bits per heavy atom. The van der Waals surface area contributed by atoms with E-state index in [9.17, 15) is 0 Å². The molecule has 5 heteroatoms. The van der Waals surface area contributed by atoms with Gasteiger partial charge >= 0.3 is 0 Å². The summed E-state index contributed by atoms with van der Waals surface area (Å²) < 4.78 is 0. The van der Waals surface area contributed by atoms with Crippen LogP contribution in [0.25, 0.3) is 0 Å². The lowest BCUT2D eigenvalue weighted by atomic mass is 10.2. The molecule has 0 amide bonds. The van der Waals surface area contributed by atoms with Crippen LogP contribution in [0.4, 0.5) is 0 Å². The van der Waals surface area contributed by atoms with Gasteiger partial charge in [-0.2, -0.15) is 0 Å². The second-order valence-corrected chi connectivity index (χ2v) is 4.04. The average molecular weight is 219 g/mol. The minimum absolute atomic E-state index is 0.464. The summed E-state index contributed by atoms with van der Waals surface area (Å²) in [7, 11) is 1.97. The van der Waals surface area contributed by atoms with Crippen molar-refractivity contribution in [2.45, 2.75) is 25.4 Å². The molecule has 1 aliphatic carbocycles. The van der Waals surface area contributed by atoms with Gasteiger partial charge in [0, 0.05) is 26.0 Å². The summed E-state index contributed by atoms with van der Waals surface area (Å²) in [6.45, 7) is 0.776. The van der Waals surface area contributed by atoms with Crippen molar-refractivity contribution in [2.75, 3.05) is 7.05 Å². The molecule has 0 radical (unpaired) electrons. The van der Waals surface area contributed by atoms with Crippen LogP contribution in [-0.2, 0) is 6.54 Å². The van der Waals surface area contributed by atoms with Crippen LogP contribution in [0.15, 0.2) is 29.5 Å². The Hall–Kier alpha value is -1.62. The molecule has 1 aromatic rings. The molecular formula is C11H17N5. The standard InChI is InChI=1S/C11H17N5/c1-16(8-9-4-6-13-7-5-9)11(15-12)14-10-2-3-10/h4-7,10H,2-3,8,12H2,1H3,(H,14,15). The maximum atomic E-state index is 5.47. The van der Waals surface area contributed by atoms with Gasteiger partial charge in [-0.3, -0.25) is 10.4 Å². The first-order chi connectivity index (χ1) is 7.79. The molecule has 86 valence electrons. The molecular weight excluding hydrogens is 202 g/mol. The highest BCUT2D eigenvalue weighted by molar-refractivity contribution is 5.79. The molecule has 1 heterocycles. The summed E-state index contributed by atoms with van der Waals surface area (Å²) in [4.78, 5) is 10.5. The number of hydrogen-bond acceptors (Lipinski definition) is 3. The minimum atomic E-state index is 0.464. The monoisotopic (exact) mass is 219 g/mol. The molecule has 1 fully saturated rings. The zero-order valence-electron chi connectivity index (χ0n) is 9.43. The Bertz CT molecular complexity index is 358. The van der Waals surface area contributed by atoms with Crippen LogP contribution in [0.5, 0.6) is 0 Å². The molecule has 5 nitrogen and oxygen atoms in total. The summed E-state index contributed by atoms with van der Waals surface area (Å²) in [6.07, 6.45) is 5.93. The number of aliphatic imine (C=N–C) groups is 1. The summed E-state index contributed by atoms with van der Waals surface area (Å²) in [6, 6.07) is 4.44. The quantitative estimate of drug-likeness (QED) is 0.336. The average Bonchev–Trinajstić information content (AvgIpc) is 3.11. The Morgan fingerprint density at radius 1 is 1.56 bits per heavy atom. The highest BCUT2D eigenvalue weighted by Crippen LogP contribution is 2.23. The first kappa shape index (κ1) is 10.9. The smallest absolute Gasteiger partial charge is 0.208 e. The third-order valence-corrected chi connectivity index (χ3v) is 2.51. The van der Waals surface area contributed by atoms with Crippen LogP contribution >= 0.6 is 0 Å². The number of pyridine rings is 1. The largest absolute Gasteiger partial charge is 0.341 e. The summed E-state index contributed by atoms with van der Waals surface area (Å²) in [5, 5.41) is 0. The zero-order valence-corrected chi connectivity index (χ0v) is 9.43. The molecule has 1 saturated carbocycles. The van der Waals surface area contributed by atoms with Crippen LogP contribution in [-0.4, -0.2) is 28.9 Å². The van der Waals surface area contributed by atoms with Crippen molar-refractivity contribution in [3.8, 4) is 0 Å². The van der Waals surface area contributed by atoms with Crippen molar-refractivity contribution < 1.29 is 0 Å². The first-order valence-corrected chi connectivity index (χ1v) is 5.44. The Kier molecular flexibility index (Phi) is 3.36. The molecule has 1 aliphatic rings. The van der Waals surface area contributed by atoms with E-state index in [1.807, 2.05) is 24.1 Å². The maximum absolute atomic E-state index is 5.47. The van der Waals surface area contributed by atoms with Gasteiger partial charge in [0.1, 0.15) is 0 Å². The molecule has 0 atom stereocenters. The number of nitrogens with one attached hydrogen (secondary N) is 1. The molecule has 0 aromatic carbocycles. The molecule has 1 aromatic heterocycles. The summed E-state index contributed by atoms with van der Waals surface area (Å²) in [5.74, 6) is 6.22. The van der Waals surface area contributed by atoms with Gasteiger partial charge in [0.05, 0.1) is 6.04 Å². The molecule has 3 N–H and O–H groups in total. The normalized spacial score (nSPS) is 16.0. The van der Waals surface area contributed by atoms with Crippen molar-refractivity contribution in [3.05, 3.63) is 30.1 Å². The first-order valence-electron chi connectivity index (χ1n) is 5.44. The number of hydrazine groups is 1.